The third-order valence-electron chi connectivity index (χ3n) is 6.35. The normalized spacial score (nSPS) is 13.7. The molecule has 1 aliphatic rings. The van der Waals surface area contributed by atoms with Gasteiger partial charge in [0.15, 0.2) is 0 Å². The van der Waals surface area contributed by atoms with Gasteiger partial charge in [0.25, 0.3) is 5.91 Å². The van der Waals surface area contributed by atoms with Crippen molar-refractivity contribution >= 4 is 28.2 Å². The van der Waals surface area contributed by atoms with E-state index in [9.17, 15) is 9.59 Å². The second kappa shape index (κ2) is 9.27. The molecule has 3 N–H and O–H groups in total. The number of rotatable bonds is 5. The summed E-state index contributed by atoms with van der Waals surface area (Å²) in [5, 5.41) is 11.0. The summed E-state index contributed by atoms with van der Waals surface area (Å²) < 4.78 is 11.0. The number of carbonyl (C=O) groups is 1. The summed E-state index contributed by atoms with van der Waals surface area (Å²) in [6, 6.07) is 11.0. The quantitative estimate of drug-likeness (QED) is 0.408. The van der Waals surface area contributed by atoms with E-state index in [4.69, 9.17) is 9.47 Å². The Bertz CT molecular complexity index is 1470. The molecule has 9 nitrogen and oxygen atoms in total. The Labute approximate surface area is 202 Å². The highest BCUT2D eigenvalue weighted by Gasteiger charge is 2.22. The molecule has 0 unspecified atom stereocenters. The number of aromatic amines is 2. The molecule has 180 valence electrons. The summed E-state index contributed by atoms with van der Waals surface area (Å²) in [7, 11) is 1.53. The molecule has 0 aliphatic carbocycles. The van der Waals surface area contributed by atoms with Crippen molar-refractivity contribution < 1.29 is 14.3 Å². The molecular formula is C26H27N5O4. The van der Waals surface area contributed by atoms with Crippen LogP contribution in [-0.4, -0.2) is 54.5 Å². The lowest BCUT2D eigenvalue weighted by molar-refractivity contribution is 0.102. The lowest BCUT2D eigenvalue weighted by atomic mass is 10.0. The van der Waals surface area contributed by atoms with Crippen LogP contribution in [0.25, 0.3) is 22.0 Å². The first-order valence-corrected chi connectivity index (χ1v) is 11.4. The number of hydrogen-bond donors (Lipinski definition) is 3. The fourth-order valence-electron chi connectivity index (χ4n) is 4.52. The van der Waals surface area contributed by atoms with E-state index < -0.39 is 0 Å². The second-order valence-corrected chi connectivity index (χ2v) is 8.61. The zero-order chi connectivity index (χ0) is 24.5. The lowest BCUT2D eigenvalue weighted by Crippen LogP contribution is -2.37. The maximum Gasteiger partial charge on any atom is 0.257 e. The summed E-state index contributed by atoms with van der Waals surface area (Å²) in [5.74, 6) is 0.205. The third-order valence-corrected chi connectivity index (χ3v) is 6.35. The van der Waals surface area contributed by atoms with Crippen LogP contribution in [0.4, 0.5) is 11.4 Å². The Morgan fingerprint density at radius 1 is 1.14 bits per heavy atom. The van der Waals surface area contributed by atoms with Crippen LogP contribution < -0.4 is 20.5 Å². The molecular weight excluding hydrogens is 446 g/mol. The predicted octanol–water partition coefficient (Wildman–Crippen LogP) is 3.63. The largest absolute Gasteiger partial charge is 0.494 e. The zero-order valence-electron chi connectivity index (χ0n) is 19.9. The molecule has 2 aromatic heterocycles. The van der Waals surface area contributed by atoms with Crippen LogP contribution in [-0.2, 0) is 4.74 Å². The first-order chi connectivity index (χ1) is 16.9. The van der Waals surface area contributed by atoms with Gasteiger partial charge in [-0.05, 0) is 43.2 Å². The Morgan fingerprint density at radius 3 is 2.66 bits per heavy atom. The van der Waals surface area contributed by atoms with Gasteiger partial charge in [0, 0.05) is 47.6 Å². The van der Waals surface area contributed by atoms with Gasteiger partial charge in [0.1, 0.15) is 5.75 Å². The average molecular weight is 474 g/mol. The number of nitrogens with zero attached hydrogens (tertiary/aromatic N) is 2. The van der Waals surface area contributed by atoms with Gasteiger partial charge < -0.3 is 24.7 Å². The van der Waals surface area contributed by atoms with Crippen molar-refractivity contribution in [3.63, 3.8) is 0 Å². The van der Waals surface area contributed by atoms with Gasteiger partial charge in [-0.2, -0.15) is 5.10 Å². The SMILES string of the molecule is COc1cc2[nH]c(=O)cc(C)c2cc1NC(=O)c1cc(-c2cn[nH]c2C)ccc1N1CCOCC1. The van der Waals surface area contributed by atoms with Crippen LogP contribution in [0.2, 0.25) is 0 Å². The van der Waals surface area contributed by atoms with Gasteiger partial charge in [-0.25, -0.2) is 0 Å². The number of hydrogen-bond acceptors (Lipinski definition) is 6. The number of pyridine rings is 1. The molecule has 0 bridgehead atoms. The highest BCUT2D eigenvalue weighted by molar-refractivity contribution is 6.10. The van der Waals surface area contributed by atoms with Crippen LogP contribution in [0.5, 0.6) is 5.75 Å². The maximum absolute atomic E-state index is 13.7. The summed E-state index contributed by atoms with van der Waals surface area (Å²) in [4.78, 5) is 30.6. The highest BCUT2D eigenvalue weighted by atomic mass is 16.5. The fourth-order valence-corrected chi connectivity index (χ4v) is 4.52. The van der Waals surface area contributed by atoms with Crippen LogP contribution in [0.3, 0.4) is 0 Å². The van der Waals surface area contributed by atoms with Crippen LogP contribution in [0, 0.1) is 13.8 Å². The number of anilines is 2. The summed E-state index contributed by atoms with van der Waals surface area (Å²) in [5.41, 5.74) is 5.96. The number of methoxy groups -OCH3 is 1. The molecule has 2 aromatic carbocycles. The summed E-state index contributed by atoms with van der Waals surface area (Å²) >= 11 is 0. The molecule has 0 saturated carbocycles. The van der Waals surface area contributed by atoms with Gasteiger partial charge in [-0.1, -0.05) is 6.07 Å². The van der Waals surface area contributed by atoms with Crippen molar-refractivity contribution in [2.24, 2.45) is 0 Å². The molecule has 1 amide bonds. The number of aromatic nitrogens is 3. The Kier molecular flexibility index (Phi) is 6.00. The van der Waals surface area contributed by atoms with E-state index in [0.717, 1.165) is 33.5 Å². The van der Waals surface area contributed by atoms with Gasteiger partial charge in [-0.3, -0.25) is 14.7 Å². The van der Waals surface area contributed by atoms with Crippen molar-refractivity contribution in [2.45, 2.75) is 13.8 Å². The molecule has 0 atom stereocenters. The molecule has 35 heavy (non-hydrogen) atoms. The van der Waals surface area contributed by atoms with Crippen LogP contribution >= 0.6 is 0 Å². The van der Waals surface area contributed by atoms with Crippen molar-refractivity contribution in [3.05, 3.63) is 69.8 Å². The number of ether oxygens (including phenoxy) is 2. The number of nitrogens with one attached hydrogen (secondary N) is 3. The third kappa shape index (κ3) is 4.38. The van der Waals surface area contributed by atoms with E-state index in [2.05, 4.69) is 25.4 Å². The number of amides is 1. The molecule has 3 heterocycles. The van der Waals surface area contributed by atoms with E-state index in [0.29, 0.717) is 48.8 Å². The zero-order valence-corrected chi connectivity index (χ0v) is 19.9. The topological polar surface area (TPSA) is 112 Å². The van der Waals surface area contributed by atoms with Crippen LogP contribution in [0.1, 0.15) is 21.6 Å². The van der Waals surface area contributed by atoms with Crippen molar-refractivity contribution in [3.8, 4) is 16.9 Å². The van der Waals surface area contributed by atoms with E-state index in [1.807, 2.05) is 38.1 Å². The van der Waals surface area contributed by atoms with E-state index in [1.54, 1.807) is 12.3 Å². The van der Waals surface area contributed by atoms with Gasteiger partial charge in [0.05, 0.1) is 43.3 Å². The molecule has 1 saturated heterocycles. The van der Waals surface area contributed by atoms with E-state index >= 15 is 0 Å². The molecule has 4 aromatic rings. The maximum atomic E-state index is 13.7. The highest BCUT2D eigenvalue weighted by Crippen LogP contribution is 2.33. The number of H-pyrrole nitrogens is 2. The molecule has 1 aliphatic heterocycles. The van der Waals surface area contributed by atoms with Crippen molar-refractivity contribution in [1.82, 2.24) is 15.2 Å². The smallest absolute Gasteiger partial charge is 0.257 e. The van der Waals surface area contributed by atoms with Gasteiger partial charge in [-0.15, -0.1) is 0 Å². The molecule has 0 spiro atoms. The minimum atomic E-state index is -0.255. The number of benzene rings is 2. The monoisotopic (exact) mass is 473 g/mol. The number of carbonyl (C=O) groups excluding carboxylic acids is 1. The predicted molar refractivity (Wildman–Crippen MR) is 136 cm³/mol. The van der Waals surface area contributed by atoms with E-state index in [-0.39, 0.29) is 11.5 Å². The summed E-state index contributed by atoms with van der Waals surface area (Å²) in [6.45, 7) is 6.44. The standard InChI is InChI=1S/C26H27N5O4/c1-15-10-25(32)28-21-13-24(34-3)22(12-18(15)21)29-26(33)19-11-17(20-14-27-30-16(20)2)4-5-23(19)31-6-8-35-9-7-31/h4-5,10-14H,6-9H2,1-3H3,(H,27,30)(H,28,32)(H,29,33). The van der Waals surface area contributed by atoms with Gasteiger partial charge >= 0.3 is 0 Å². The Balaban J connectivity index is 1.58. The van der Waals surface area contributed by atoms with Crippen molar-refractivity contribution in [2.75, 3.05) is 43.6 Å². The lowest BCUT2D eigenvalue weighted by Gasteiger charge is -2.30. The first-order valence-electron chi connectivity index (χ1n) is 11.4. The Hall–Kier alpha value is -4.11. The minimum absolute atomic E-state index is 0.185. The molecule has 1 fully saturated rings. The van der Waals surface area contributed by atoms with Crippen LogP contribution in [0.15, 0.2) is 47.4 Å². The molecule has 9 heteroatoms. The number of fused-ring (bicyclic) bond motifs is 1. The summed E-state index contributed by atoms with van der Waals surface area (Å²) in [6.07, 6.45) is 1.76. The second-order valence-electron chi connectivity index (χ2n) is 8.61. The van der Waals surface area contributed by atoms with Gasteiger partial charge in [0.2, 0.25) is 5.56 Å². The first kappa shape index (κ1) is 22.7. The average Bonchev–Trinajstić information content (AvgIpc) is 3.30. The minimum Gasteiger partial charge on any atom is -0.494 e. The number of morpholine rings is 1. The van der Waals surface area contributed by atoms with E-state index in [1.165, 1.54) is 13.2 Å². The molecule has 5 rings (SSSR count). The Morgan fingerprint density at radius 2 is 1.94 bits per heavy atom. The fraction of sp³-hybridized carbons (Fsp3) is 0.269. The molecule has 0 radical (unpaired) electrons. The number of aryl methyl sites for hydroxylation is 2. The van der Waals surface area contributed by atoms with Crippen molar-refractivity contribution in [1.29, 1.82) is 0 Å².